The number of nitrogens with one attached hydrogen (secondary N) is 1. The molecule has 2 aromatic rings. The Balaban J connectivity index is 1.46. The minimum atomic E-state index is -1.83. The van der Waals surface area contributed by atoms with Gasteiger partial charge in [0.15, 0.2) is 5.82 Å². The molecular formula is C19H15Cl3FN5O6S. The van der Waals surface area contributed by atoms with Crippen LogP contribution in [0.2, 0.25) is 0 Å². The number of ether oxygens (including phenoxy) is 2. The lowest BCUT2D eigenvalue weighted by Gasteiger charge is -2.22. The molecule has 0 radical (unpaired) electrons. The molecule has 35 heavy (non-hydrogen) atoms. The van der Waals surface area contributed by atoms with Gasteiger partial charge in [0, 0.05) is 11.6 Å². The van der Waals surface area contributed by atoms with E-state index in [1.165, 1.54) is 29.4 Å². The van der Waals surface area contributed by atoms with Crippen LogP contribution in [0.5, 0.6) is 0 Å². The van der Waals surface area contributed by atoms with Crippen molar-refractivity contribution in [3.8, 4) is 0 Å². The number of carbonyl (C=O) groups excluding carboxylic acids is 3. The van der Waals surface area contributed by atoms with Crippen molar-refractivity contribution in [1.29, 1.82) is 0 Å². The van der Waals surface area contributed by atoms with Gasteiger partial charge in [-0.3, -0.25) is 14.6 Å². The Bertz CT molecular complexity index is 1160. The number of cyclic esters (lactones) is 1. The number of amides is 3. The number of anilines is 2. The Morgan fingerprint density at radius 2 is 2.14 bits per heavy atom. The lowest BCUT2D eigenvalue weighted by atomic mass is 10.2. The number of hydrogen-bond acceptors (Lipinski definition) is 9. The molecule has 2 aliphatic rings. The fourth-order valence-corrected chi connectivity index (χ4v) is 4.08. The number of halogens is 4. The van der Waals surface area contributed by atoms with Gasteiger partial charge >= 0.3 is 12.2 Å². The second-order valence-electron chi connectivity index (χ2n) is 7.16. The molecule has 0 saturated carbocycles. The van der Waals surface area contributed by atoms with Crippen LogP contribution < -0.4 is 15.2 Å². The Hall–Kier alpha value is -2.74. The molecule has 0 bridgehead atoms. The number of benzene rings is 1. The first-order valence-corrected chi connectivity index (χ1v) is 11.9. The van der Waals surface area contributed by atoms with Crippen LogP contribution in [0.4, 0.5) is 25.5 Å². The van der Waals surface area contributed by atoms with Crippen LogP contribution in [0.3, 0.4) is 0 Å². The number of hydrazone groups is 1. The minimum absolute atomic E-state index is 0.00450. The average molecular weight is 567 g/mol. The standard InChI is InChI=1S/C19H15Cl3FN5O6S/c20-19(21,22)9-32-17(30)28(14-3-4-33-26-14)7-11-6-27(18(31)34-11)10-1-2-12(13(23)5-10)16-25-24-15(29)8-35-16/h1-5,11H,6-9H2,(H,24,29). The van der Waals surface area contributed by atoms with Gasteiger partial charge in [0.1, 0.15) is 29.8 Å². The highest BCUT2D eigenvalue weighted by atomic mass is 35.6. The molecule has 186 valence electrons. The topological polar surface area (TPSA) is 127 Å². The first kappa shape index (κ1) is 25.4. The summed E-state index contributed by atoms with van der Waals surface area (Å²) in [6, 6.07) is 5.52. The van der Waals surface area contributed by atoms with Crippen LogP contribution in [0.1, 0.15) is 5.56 Å². The third kappa shape index (κ3) is 6.28. The maximum atomic E-state index is 14.8. The highest BCUT2D eigenvalue weighted by molar-refractivity contribution is 8.15. The SMILES string of the molecule is O=C1CSC(c2ccc(N3CC(CN(C(=O)OCC(Cl)(Cl)Cl)c4ccon4)OC3=O)cc2F)=NN1. The van der Waals surface area contributed by atoms with E-state index in [1.807, 2.05) is 0 Å². The van der Waals surface area contributed by atoms with E-state index >= 15 is 0 Å². The number of thioether (sulfide) groups is 1. The predicted molar refractivity (Wildman–Crippen MR) is 127 cm³/mol. The van der Waals surface area contributed by atoms with E-state index in [-0.39, 0.29) is 41.8 Å². The summed E-state index contributed by atoms with van der Waals surface area (Å²) in [6.07, 6.45) is -1.24. The van der Waals surface area contributed by atoms with Crippen LogP contribution in [-0.4, -0.2) is 63.6 Å². The van der Waals surface area contributed by atoms with Crippen molar-refractivity contribution in [1.82, 2.24) is 10.6 Å². The summed E-state index contributed by atoms with van der Waals surface area (Å²) in [5.74, 6) is -0.716. The minimum Gasteiger partial charge on any atom is -0.445 e. The zero-order chi connectivity index (χ0) is 25.2. The van der Waals surface area contributed by atoms with Gasteiger partial charge in [-0.15, -0.1) is 0 Å². The largest absolute Gasteiger partial charge is 0.445 e. The first-order valence-electron chi connectivity index (χ1n) is 9.79. The Morgan fingerprint density at radius 3 is 2.77 bits per heavy atom. The summed E-state index contributed by atoms with van der Waals surface area (Å²) in [5.41, 5.74) is 2.71. The summed E-state index contributed by atoms with van der Waals surface area (Å²) >= 11 is 18.0. The molecule has 1 aromatic heterocycles. The molecule has 0 spiro atoms. The quantitative estimate of drug-likeness (QED) is 0.525. The molecule has 1 N–H and O–H groups in total. The molecular weight excluding hydrogens is 552 g/mol. The van der Waals surface area contributed by atoms with Crippen molar-refractivity contribution >= 4 is 81.2 Å². The van der Waals surface area contributed by atoms with Gasteiger partial charge in [-0.2, -0.15) is 5.10 Å². The second kappa shape index (κ2) is 10.5. The van der Waals surface area contributed by atoms with E-state index in [9.17, 15) is 18.8 Å². The zero-order valence-corrected chi connectivity index (χ0v) is 20.5. The lowest BCUT2D eigenvalue weighted by Crippen LogP contribution is -2.40. The molecule has 1 unspecified atom stereocenters. The van der Waals surface area contributed by atoms with Gasteiger partial charge < -0.3 is 14.0 Å². The summed E-state index contributed by atoms with van der Waals surface area (Å²) in [7, 11) is 0. The van der Waals surface area contributed by atoms with Crippen molar-refractivity contribution < 1.29 is 32.8 Å². The summed E-state index contributed by atoms with van der Waals surface area (Å²) in [6.45, 7) is -0.697. The van der Waals surface area contributed by atoms with Crippen LogP contribution in [0.15, 0.2) is 40.2 Å². The Kier molecular flexibility index (Phi) is 7.59. The van der Waals surface area contributed by atoms with Gasteiger partial charge in [-0.1, -0.05) is 51.7 Å². The second-order valence-corrected chi connectivity index (χ2v) is 10.6. The van der Waals surface area contributed by atoms with Gasteiger partial charge in [0.05, 0.1) is 24.5 Å². The highest BCUT2D eigenvalue weighted by Gasteiger charge is 2.37. The smallest absolute Gasteiger partial charge is 0.415 e. The van der Waals surface area contributed by atoms with E-state index in [4.69, 9.17) is 48.8 Å². The molecule has 16 heteroatoms. The van der Waals surface area contributed by atoms with Crippen molar-refractivity contribution in [3.63, 3.8) is 0 Å². The molecule has 1 saturated heterocycles. The Labute approximate surface area is 216 Å². The van der Waals surface area contributed by atoms with Gasteiger partial charge in [0.25, 0.3) is 5.91 Å². The molecule has 1 fully saturated rings. The molecule has 1 aromatic carbocycles. The van der Waals surface area contributed by atoms with Crippen LogP contribution in [0, 0.1) is 5.82 Å². The number of aromatic nitrogens is 1. The van der Waals surface area contributed by atoms with Crippen molar-refractivity contribution in [2.24, 2.45) is 5.10 Å². The van der Waals surface area contributed by atoms with Crippen LogP contribution >= 0.6 is 46.6 Å². The molecule has 11 nitrogen and oxygen atoms in total. The van der Waals surface area contributed by atoms with E-state index in [0.717, 1.165) is 22.7 Å². The van der Waals surface area contributed by atoms with Gasteiger partial charge in [-0.25, -0.2) is 19.4 Å². The van der Waals surface area contributed by atoms with E-state index in [2.05, 4.69) is 15.7 Å². The fourth-order valence-electron chi connectivity index (χ4n) is 3.15. The molecule has 3 heterocycles. The molecule has 0 aliphatic carbocycles. The third-order valence-electron chi connectivity index (χ3n) is 4.66. The average Bonchev–Trinajstić information content (AvgIpc) is 3.46. The van der Waals surface area contributed by atoms with Crippen molar-refractivity contribution in [2.75, 3.05) is 35.2 Å². The van der Waals surface area contributed by atoms with E-state index in [1.54, 1.807) is 0 Å². The number of hydrogen-bond donors (Lipinski definition) is 1. The molecule has 1 atom stereocenters. The van der Waals surface area contributed by atoms with E-state index in [0.29, 0.717) is 5.04 Å². The summed E-state index contributed by atoms with van der Waals surface area (Å²) in [4.78, 5) is 38.6. The Morgan fingerprint density at radius 1 is 1.34 bits per heavy atom. The maximum Gasteiger partial charge on any atom is 0.415 e. The number of nitrogens with zero attached hydrogens (tertiary/aromatic N) is 4. The number of rotatable bonds is 6. The normalized spacial score (nSPS) is 18.1. The van der Waals surface area contributed by atoms with Crippen LogP contribution in [0.25, 0.3) is 0 Å². The number of carbonyl (C=O) groups is 3. The summed E-state index contributed by atoms with van der Waals surface area (Å²) < 4.78 is 28.1. The van der Waals surface area contributed by atoms with Crippen molar-refractivity contribution in [3.05, 3.63) is 41.9 Å². The van der Waals surface area contributed by atoms with Gasteiger partial charge in [-0.05, 0) is 18.2 Å². The summed E-state index contributed by atoms with van der Waals surface area (Å²) in [5, 5.41) is 7.86. The fraction of sp³-hybridized carbons (Fsp3) is 0.316. The molecule has 3 amide bonds. The van der Waals surface area contributed by atoms with E-state index < -0.39 is 34.5 Å². The highest BCUT2D eigenvalue weighted by Crippen LogP contribution is 2.29. The maximum absolute atomic E-state index is 14.8. The molecule has 2 aliphatic heterocycles. The number of alkyl halides is 3. The zero-order valence-electron chi connectivity index (χ0n) is 17.5. The first-order chi connectivity index (χ1) is 16.6. The van der Waals surface area contributed by atoms with Crippen LogP contribution in [-0.2, 0) is 14.3 Å². The van der Waals surface area contributed by atoms with Gasteiger partial charge in [0.2, 0.25) is 3.79 Å². The predicted octanol–water partition coefficient (Wildman–Crippen LogP) is 3.68. The monoisotopic (exact) mass is 565 g/mol. The lowest BCUT2D eigenvalue weighted by molar-refractivity contribution is -0.118. The molecule has 4 rings (SSSR count). The third-order valence-corrected chi connectivity index (χ3v) is 5.98. The van der Waals surface area contributed by atoms with Crippen molar-refractivity contribution in [2.45, 2.75) is 9.90 Å².